The molecule has 1 heterocycles. The van der Waals surface area contributed by atoms with Gasteiger partial charge in [-0.05, 0) is 40.1 Å². The Morgan fingerprint density at radius 3 is 2.50 bits per heavy atom. The van der Waals surface area contributed by atoms with E-state index in [-0.39, 0.29) is 5.22 Å². The predicted octanol–water partition coefficient (Wildman–Crippen LogP) is 4.17. The Kier molecular flexibility index (Phi) is 2.82. The fraction of sp³-hybridized carbons (Fsp3) is 0.0667. The molecule has 0 fully saturated rings. The van der Waals surface area contributed by atoms with E-state index < -0.39 is 6.10 Å². The van der Waals surface area contributed by atoms with Gasteiger partial charge in [0.2, 0.25) is 0 Å². The van der Waals surface area contributed by atoms with Gasteiger partial charge in [0.15, 0.2) is 5.22 Å². The second-order valence-electron chi connectivity index (χ2n) is 4.11. The molecule has 0 aliphatic heterocycles. The number of halogens is 1. The van der Waals surface area contributed by atoms with E-state index in [1.54, 1.807) is 12.1 Å². The third-order valence-corrected chi connectivity index (χ3v) is 3.18. The van der Waals surface area contributed by atoms with Gasteiger partial charge in [-0.25, -0.2) is 0 Å². The highest BCUT2D eigenvalue weighted by atomic mass is 35.5. The quantitative estimate of drug-likeness (QED) is 0.748. The number of rotatable bonds is 2. The summed E-state index contributed by atoms with van der Waals surface area (Å²) in [7, 11) is 0. The Morgan fingerprint density at radius 2 is 1.72 bits per heavy atom. The van der Waals surface area contributed by atoms with Crippen LogP contribution >= 0.6 is 11.6 Å². The molecule has 18 heavy (non-hydrogen) atoms. The van der Waals surface area contributed by atoms with E-state index in [2.05, 4.69) is 0 Å². The topological polar surface area (TPSA) is 33.4 Å². The van der Waals surface area contributed by atoms with Crippen LogP contribution in [0.15, 0.2) is 59.0 Å². The number of aliphatic hydroxyl groups excluding tert-OH is 1. The Bertz CT molecular complexity index is 682. The van der Waals surface area contributed by atoms with Crippen molar-refractivity contribution >= 4 is 22.4 Å². The zero-order chi connectivity index (χ0) is 12.5. The lowest BCUT2D eigenvalue weighted by Gasteiger charge is -2.11. The zero-order valence-corrected chi connectivity index (χ0v) is 10.3. The summed E-state index contributed by atoms with van der Waals surface area (Å²) in [4.78, 5) is 0. The number of benzene rings is 2. The molecule has 0 saturated heterocycles. The molecular formula is C15H11ClO2. The van der Waals surface area contributed by atoms with Crippen LogP contribution in [0.5, 0.6) is 0 Å². The normalized spacial score (nSPS) is 12.8. The van der Waals surface area contributed by atoms with Gasteiger partial charge in [-0.15, -0.1) is 0 Å². The first-order valence-corrected chi connectivity index (χ1v) is 6.04. The van der Waals surface area contributed by atoms with E-state index in [0.717, 1.165) is 16.3 Å². The van der Waals surface area contributed by atoms with Crippen molar-refractivity contribution < 1.29 is 9.52 Å². The standard InChI is InChI=1S/C15H11ClO2/c16-14-9-8-13(18-14)15(17)12-7-3-5-10-4-1-2-6-11(10)12/h1-9,15,17H. The summed E-state index contributed by atoms with van der Waals surface area (Å²) in [5.41, 5.74) is 0.819. The number of aliphatic hydroxyl groups is 1. The molecule has 1 unspecified atom stereocenters. The highest BCUT2D eigenvalue weighted by Gasteiger charge is 2.16. The summed E-state index contributed by atoms with van der Waals surface area (Å²) >= 11 is 5.73. The van der Waals surface area contributed by atoms with Crippen LogP contribution in [0, 0.1) is 0 Å². The van der Waals surface area contributed by atoms with Crippen molar-refractivity contribution in [1.82, 2.24) is 0 Å². The van der Waals surface area contributed by atoms with Crippen molar-refractivity contribution in [2.75, 3.05) is 0 Å². The average molecular weight is 259 g/mol. The minimum absolute atomic E-state index is 0.282. The molecule has 0 spiro atoms. The zero-order valence-electron chi connectivity index (χ0n) is 9.51. The molecule has 0 bridgehead atoms. The fourth-order valence-corrected chi connectivity index (χ4v) is 2.27. The molecule has 0 aliphatic rings. The molecule has 3 rings (SSSR count). The minimum atomic E-state index is -0.802. The lowest BCUT2D eigenvalue weighted by atomic mass is 9.99. The fourth-order valence-electron chi connectivity index (χ4n) is 2.12. The van der Waals surface area contributed by atoms with E-state index >= 15 is 0 Å². The maximum absolute atomic E-state index is 10.4. The van der Waals surface area contributed by atoms with Crippen LogP contribution < -0.4 is 0 Å². The maximum Gasteiger partial charge on any atom is 0.193 e. The third kappa shape index (κ3) is 1.90. The highest BCUT2D eigenvalue weighted by molar-refractivity contribution is 6.28. The Hall–Kier alpha value is -1.77. The average Bonchev–Trinajstić information content (AvgIpc) is 2.84. The van der Waals surface area contributed by atoms with Gasteiger partial charge in [0.25, 0.3) is 0 Å². The molecule has 0 saturated carbocycles. The van der Waals surface area contributed by atoms with Gasteiger partial charge in [-0.2, -0.15) is 0 Å². The Labute approximate surface area is 109 Å². The Balaban J connectivity index is 2.14. The van der Waals surface area contributed by atoms with Crippen LogP contribution in [0.2, 0.25) is 5.22 Å². The van der Waals surface area contributed by atoms with Crippen LogP contribution in [-0.4, -0.2) is 5.11 Å². The van der Waals surface area contributed by atoms with Crippen molar-refractivity contribution in [3.63, 3.8) is 0 Å². The van der Waals surface area contributed by atoms with Crippen LogP contribution in [0.4, 0.5) is 0 Å². The summed E-state index contributed by atoms with van der Waals surface area (Å²) in [5.74, 6) is 0.455. The molecule has 1 aromatic heterocycles. The molecule has 0 aliphatic carbocycles. The number of fused-ring (bicyclic) bond motifs is 1. The van der Waals surface area contributed by atoms with Gasteiger partial charge >= 0.3 is 0 Å². The molecule has 90 valence electrons. The van der Waals surface area contributed by atoms with Crippen molar-refractivity contribution in [1.29, 1.82) is 0 Å². The first-order valence-electron chi connectivity index (χ1n) is 5.66. The lowest BCUT2D eigenvalue weighted by molar-refractivity contribution is 0.191. The van der Waals surface area contributed by atoms with Gasteiger partial charge in [-0.1, -0.05) is 42.5 Å². The van der Waals surface area contributed by atoms with E-state index in [1.165, 1.54) is 0 Å². The smallest absolute Gasteiger partial charge is 0.193 e. The molecule has 3 heteroatoms. The minimum Gasteiger partial charge on any atom is -0.447 e. The number of furan rings is 1. The van der Waals surface area contributed by atoms with E-state index in [9.17, 15) is 5.11 Å². The van der Waals surface area contributed by atoms with E-state index in [4.69, 9.17) is 16.0 Å². The van der Waals surface area contributed by atoms with Crippen LogP contribution in [0.1, 0.15) is 17.4 Å². The summed E-state index contributed by atoms with van der Waals surface area (Å²) < 4.78 is 5.26. The largest absolute Gasteiger partial charge is 0.447 e. The van der Waals surface area contributed by atoms with E-state index in [1.807, 2.05) is 42.5 Å². The SMILES string of the molecule is OC(c1ccc(Cl)o1)c1cccc2ccccc12. The van der Waals surface area contributed by atoms with Crippen LogP contribution in [0.25, 0.3) is 10.8 Å². The van der Waals surface area contributed by atoms with Gasteiger partial charge < -0.3 is 9.52 Å². The second kappa shape index (κ2) is 4.48. The molecular weight excluding hydrogens is 248 g/mol. The molecule has 2 aromatic carbocycles. The summed E-state index contributed by atoms with van der Waals surface area (Å²) in [6.07, 6.45) is -0.802. The predicted molar refractivity (Wildman–Crippen MR) is 71.7 cm³/mol. The molecule has 1 N–H and O–H groups in total. The van der Waals surface area contributed by atoms with Crippen molar-refractivity contribution in [2.45, 2.75) is 6.10 Å². The van der Waals surface area contributed by atoms with Crippen molar-refractivity contribution in [3.05, 3.63) is 71.1 Å². The van der Waals surface area contributed by atoms with Crippen LogP contribution in [0.3, 0.4) is 0 Å². The van der Waals surface area contributed by atoms with Gasteiger partial charge in [0, 0.05) is 0 Å². The van der Waals surface area contributed by atoms with Gasteiger partial charge in [0.1, 0.15) is 11.9 Å². The summed E-state index contributed by atoms with van der Waals surface area (Å²) in [6.45, 7) is 0. The molecule has 1 atom stereocenters. The second-order valence-corrected chi connectivity index (χ2v) is 4.49. The molecule has 2 nitrogen and oxygen atoms in total. The monoisotopic (exact) mass is 258 g/mol. The van der Waals surface area contributed by atoms with Crippen LogP contribution in [-0.2, 0) is 0 Å². The first-order chi connectivity index (χ1) is 8.75. The number of hydrogen-bond acceptors (Lipinski definition) is 2. The lowest BCUT2D eigenvalue weighted by Crippen LogP contribution is -1.98. The summed E-state index contributed by atoms with van der Waals surface area (Å²) in [5, 5.41) is 12.7. The summed E-state index contributed by atoms with van der Waals surface area (Å²) in [6, 6.07) is 17.1. The van der Waals surface area contributed by atoms with Gasteiger partial charge in [0.05, 0.1) is 0 Å². The van der Waals surface area contributed by atoms with Crippen molar-refractivity contribution in [2.24, 2.45) is 0 Å². The molecule has 0 amide bonds. The maximum atomic E-state index is 10.4. The number of hydrogen-bond donors (Lipinski definition) is 1. The molecule has 3 aromatic rings. The third-order valence-electron chi connectivity index (χ3n) is 2.98. The molecule has 0 radical (unpaired) electrons. The van der Waals surface area contributed by atoms with Gasteiger partial charge in [-0.3, -0.25) is 0 Å². The van der Waals surface area contributed by atoms with E-state index in [0.29, 0.717) is 5.76 Å². The Morgan fingerprint density at radius 1 is 0.944 bits per heavy atom. The first kappa shape index (κ1) is 11.3. The van der Waals surface area contributed by atoms with Crippen molar-refractivity contribution in [3.8, 4) is 0 Å². The highest BCUT2D eigenvalue weighted by Crippen LogP contribution is 2.30.